The topological polar surface area (TPSA) is 9.23 Å². The van der Waals surface area contributed by atoms with E-state index in [0.29, 0.717) is 6.61 Å². The molecule has 0 aliphatic heterocycles. The van der Waals surface area contributed by atoms with Crippen molar-refractivity contribution in [1.29, 1.82) is 0 Å². The van der Waals surface area contributed by atoms with Crippen molar-refractivity contribution in [2.24, 2.45) is 5.92 Å². The Morgan fingerprint density at radius 1 is 1.12 bits per heavy atom. The van der Waals surface area contributed by atoms with Gasteiger partial charge < -0.3 is 4.74 Å². The predicted molar refractivity (Wildman–Crippen MR) is 71.6 cm³/mol. The molecule has 1 aliphatic carbocycles. The number of ether oxygens (including phenoxy) is 1. The molecule has 0 bridgehead atoms. The SMILES string of the molecule is C/C(OCc1ccccc1)=C(/C)C1CCCC1. The molecule has 0 atom stereocenters. The third kappa shape index (κ3) is 3.36. The first-order valence-corrected chi connectivity index (χ1v) is 6.61. The van der Waals surface area contributed by atoms with E-state index in [-0.39, 0.29) is 0 Å². The predicted octanol–water partition coefficient (Wildman–Crippen LogP) is 4.69. The molecule has 0 heterocycles. The fourth-order valence-electron chi connectivity index (χ4n) is 2.53. The van der Waals surface area contributed by atoms with Gasteiger partial charge in [0, 0.05) is 0 Å². The van der Waals surface area contributed by atoms with Crippen LogP contribution in [0.1, 0.15) is 45.1 Å². The molecule has 1 aliphatic rings. The zero-order valence-electron chi connectivity index (χ0n) is 10.9. The standard InChI is InChI=1S/C16H22O/c1-13(16-10-6-7-11-16)14(2)17-12-15-8-4-3-5-9-15/h3-5,8-9,16H,6-7,10-12H2,1-2H3/b14-13+. The van der Waals surface area contributed by atoms with Crippen molar-refractivity contribution in [3.05, 3.63) is 47.2 Å². The minimum absolute atomic E-state index is 0.691. The Hall–Kier alpha value is -1.24. The van der Waals surface area contributed by atoms with E-state index in [9.17, 15) is 0 Å². The Morgan fingerprint density at radius 3 is 2.41 bits per heavy atom. The van der Waals surface area contributed by atoms with Gasteiger partial charge in [0.2, 0.25) is 0 Å². The summed E-state index contributed by atoms with van der Waals surface area (Å²) in [6.07, 6.45) is 5.46. The molecule has 0 saturated heterocycles. The maximum Gasteiger partial charge on any atom is 0.113 e. The van der Waals surface area contributed by atoms with E-state index in [1.165, 1.54) is 36.8 Å². The quantitative estimate of drug-likeness (QED) is 0.682. The fourth-order valence-corrected chi connectivity index (χ4v) is 2.53. The summed E-state index contributed by atoms with van der Waals surface area (Å²) in [5.41, 5.74) is 2.70. The van der Waals surface area contributed by atoms with Crippen LogP contribution in [-0.4, -0.2) is 0 Å². The maximum absolute atomic E-state index is 5.88. The van der Waals surface area contributed by atoms with Crippen molar-refractivity contribution in [3.8, 4) is 0 Å². The molecule has 1 fully saturated rings. The molecule has 1 saturated carbocycles. The van der Waals surface area contributed by atoms with Crippen molar-refractivity contribution >= 4 is 0 Å². The van der Waals surface area contributed by atoms with Crippen LogP contribution in [0.5, 0.6) is 0 Å². The molecule has 0 radical (unpaired) electrons. The van der Waals surface area contributed by atoms with Gasteiger partial charge in [0.1, 0.15) is 6.61 Å². The second-order valence-corrected chi connectivity index (χ2v) is 4.99. The number of hydrogen-bond acceptors (Lipinski definition) is 1. The lowest BCUT2D eigenvalue weighted by Gasteiger charge is -2.15. The molecular weight excluding hydrogens is 208 g/mol. The number of hydrogen-bond donors (Lipinski definition) is 0. The van der Waals surface area contributed by atoms with Crippen LogP contribution in [0.3, 0.4) is 0 Å². The molecule has 0 spiro atoms. The number of benzene rings is 1. The van der Waals surface area contributed by atoms with Crippen LogP contribution in [-0.2, 0) is 11.3 Å². The van der Waals surface area contributed by atoms with Crippen molar-refractivity contribution in [3.63, 3.8) is 0 Å². The monoisotopic (exact) mass is 230 g/mol. The largest absolute Gasteiger partial charge is 0.494 e. The van der Waals surface area contributed by atoms with Gasteiger partial charge >= 0.3 is 0 Å². The molecule has 1 heteroatoms. The van der Waals surface area contributed by atoms with Gasteiger partial charge in [-0.2, -0.15) is 0 Å². The van der Waals surface area contributed by atoms with E-state index in [1.54, 1.807) is 0 Å². The molecule has 0 amide bonds. The van der Waals surface area contributed by atoms with Gasteiger partial charge in [-0.05, 0) is 43.7 Å². The normalized spacial score (nSPS) is 18.0. The van der Waals surface area contributed by atoms with Crippen LogP contribution in [0.15, 0.2) is 41.7 Å². The zero-order valence-corrected chi connectivity index (χ0v) is 10.9. The summed E-state index contributed by atoms with van der Waals surface area (Å²) in [6.45, 7) is 5.03. The summed E-state index contributed by atoms with van der Waals surface area (Å²) in [6, 6.07) is 10.4. The maximum atomic E-state index is 5.88. The van der Waals surface area contributed by atoms with Gasteiger partial charge in [-0.15, -0.1) is 0 Å². The summed E-state index contributed by atoms with van der Waals surface area (Å²) in [4.78, 5) is 0. The molecule has 0 unspecified atom stereocenters. The first-order chi connectivity index (χ1) is 8.27. The fraction of sp³-hybridized carbons (Fsp3) is 0.500. The van der Waals surface area contributed by atoms with Crippen LogP contribution >= 0.6 is 0 Å². The highest BCUT2D eigenvalue weighted by Crippen LogP contribution is 2.32. The average molecular weight is 230 g/mol. The molecule has 17 heavy (non-hydrogen) atoms. The minimum Gasteiger partial charge on any atom is -0.494 e. The van der Waals surface area contributed by atoms with E-state index in [2.05, 4.69) is 38.1 Å². The summed E-state index contributed by atoms with van der Waals surface area (Å²) in [5.74, 6) is 1.89. The van der Waals surface area contributed by atoms with Gasteiger partial charge in [-0.1, -0.05) is 43.2 Å². The van der Waals surface area contributed by atoms with E-state index < -0.39 is 0 Å². The summed E-state index contributed by atoms with van der Waals surface area (Å²) in [5, 5.41) is 0. The van der Waals surface area contributed by atoms with Gasteiger partial charge in [0.05, 0.1) is 5.76 Å². The lowest BCUT2D eigenvalue weighted by molar-refractivity contribution is 0.194. The van der Waals surface area contributed by atoms with Gasteiger partial charge in [0.25, 0.3) is 0 Å². The number of allylic oxidation sites excluding steroid dienone is 2. The Labute approximate surface area is 104 Å². The first-order valence-electron chi connectivity index (χ1n) is 6.61. The second kappa shape index (κ2) is 5.90. The molecule has 1 aromatic carbocycles. The third-order valence-corrected chi connectivity index (χ3v) is 3.82. The van der Waals surface area contributed by atoms with E-state index in [1.807, 2.05) is 6.07 Å². The van der Waals surface area contributed by atoms with E-state index >= 15 is 0 Å². The summed E-state index contributed by atoms with van der Waals surface area (Å²) >= 11 is 0. The Kier molecular flexibility index (Phi) is 4.24. The first kappa shape index (κ1) is 12.2. The Balaban J connectivity index is 1.91. The van der Waals surface area contributed by atoms with Crippen molar-refractivity contribution in [2.45, 2.75) is 46.1 Å². The van der Waals surface area contributed by atoms with Crippen LogP contribution in [0.25, 0.3) is 0 Å². The molecule has 92 valence electrons. The number of rotatable bonds is 4. The lowest BCUT2D eigenvalue weighted by Crippen LogP contribution is -2.01. The van der Waals surface area contributed by atoms with Crippen molar-refractivity contribution in [2.75, 3.05) is 0 Å². The molecule has 0 N–H and O–H groups in total. The zero-order chi connectivity index (χ0) is 12.1. The smallest absolute Gasteiger partial charge is 0.113 e. The highest BCUT2D eigenvalue weighted by Gasteiger charge is 2.18. The Morgan fingerprint density at radius 2 is 1.76 bits per heavy atom. The molecule has 2 rings (SSSR count). The van der Waals surface area contributed by atoms with Crippen LogP contribution in [0.2, 0.25) is 0 Å². The van der Waals surface area contributed by atoms with Crippen LogP contribution in [0.4, 0.5) is 0 Å². The van der Waals surface area contributed by atoms with Gasteiger partial charge in [-0.3, -0.25) is 0 Å². The minimum atomic E-state index is 0.691. The highest BCUT2D eigenvalue weighted by atomic mass is 16.5. The van der Waals surface area contributed by atoms with Gasteiger partial charge in [0.15, 0.2) is 0 Å². The van der Waals surface area contributed by atoms with Crippen molar-refractivity contribution < 1.29 is 4.74 Å². The van der Waals surface area contributed by atoms with Crippen molar-refractivity contribution in [1.82, 2.24) is 0 Å². The highest BCUT2D eigenvalue weighted by molar-refractivity contribution is 5.15. The summed E-state index contributed by atoms with van der Waals surface area (Å²) in [7, 11) is 0. The van der Waals surface area contributed by atoms with Gasteiger partial charge in [-0.25, -0.2) is 0 Å². The van der Waals surface area contributed by atoms with Crippen LogP contribution in [0, 0.1) is 5.92 Å². The molecule has 1 nitrogen and oxygen atoms in total. The molecule has 0 aromatic heterocycles. The Bertz CT molecular complexity index is 372. The third-order valence-electron chi connectivity index (χ3n) is 3.82. The van der Waals surface area contributed by atoms with E-state index in [4.69, 9.17) is 4.74 Å². The second-order valence-electron chi connectivity index (χ2n) is 4.99. The average Bonchev–Trinajstić information content (AvgIpc) is 2.90. The van der Waals surface area contributed by atoms with Crippen LogP contribution < -0.4 is 0 Å². The van der Waals surface area contributed by atoms with E-state index in [0.717, 1.165) is 11.7 Å². The lowest BCUT2D eigenvalue weighted by atomic mass is 9.98. The summed E-state index contributed by atoms with van der Waals surface area (Å²) < 4.78 is 5.88. The molecular formula is C16H22O. The molecule has 1 aromatic rings.